The highest BCUT2D eigenvalue weighted by atomic mass is 35.5. The van der Waals surface area contributed by atoms with Gasteiger partial charge in [-0.25, -0.2) is 8.42 Å². The Morgan fingerprint density at radius 1 is 1.30 bits per heavy atom. The molecule has 106 valence electrons. The molecule has 2 aromatic rings. The Kier molecular flexibility index (Phi) is 4.27. The summed E-state index contributed by atoms with van der Waals surface area (Å²) in [5.41, 5.74) is 6.55. The standard InChI is InChI=1S/C13H14ClN3O2S/c1-17(9-10-4-2-3-7-16-10)20(18,19)11-5-6-12(14)13(15)8-11/h2-8H,9,15H2,1H3. The van der Waals surface area contributed by atoms with Gasteiger partial charge in [-0.05, 0) is 30.3 Å². The number of nitrogens with two attached hydrogens (primary N) is 1. The molecule has 1 heterocycles. The molecule has 0 amide bonds. The lowest BCUT2D eigenvalue weighted by Gasteiger charge is -2.17. The Balaban J connectivity index is 2.27. The summed E-state index contributed by atoms with van der Waals surface area (Å²) in [5, 5.41) is 0.330. The zero-order chi connectivity index (χ0) is 14.8. The number of aromatic nitrogens is 1. The second kappa shape index (κ2) is 5.78. The number of benzene rings is 1. The molecule has 1 aromatic carbocycles. The minimum atomic E-state index is -3.62. The lowest BCUT2D eigenvalue weighted by atomic mass is 10.3. The summed E-state index contributed by atoms with van der Waals surface area (Å²) >= 11 is 5.80. The van der Waals surface area contributed by atoms with Gasteiger partial charge in [-0.1, -0.05) is 17.7 Å². The van der Waals surface area contributed by atoms with Crippen molar-refractivity contribution in [1.29, 1.82) is 0 Å². The van der Waals surface area contributed by atoms with Crippen LogP contribution in [0.2, 0.25) is 5.02 Å². The van der Waals surface area contributed by atoms with Crippen LogP contribution in [0.4, 0.5) is 5.69 Å². The quantitative estimate of drug-likeness (QED) is 0.878. The van der Waals surface area contributed by atoms with Crippen molar-refractivity contribution in [3.63, 3.8) is 0 Å². The van der Waals surface area contributed by atoms with Gasteiger partial charge >= 0.3 is 0 Å². The van der Waals surface area contributed by atoms with Gasteiger partial charge in [0.25, 0.3) is 0 Å². The Bertz CT molecular complexity index is 705. The molecule has 2 rings (SSSR count). The number of pyridine rings is 1. The number of anilines is 1. The topological polar surface area (TPSA) is 76.3 Å². The highest BCUT2D eigenvalue weighted by Crippen LogP contribution is 2.24. The predicted octanol–water partition coefficient (Wildman–Crippen LogP) is 2.14. The van der Waals surface area contributed by atoms with Crippen LogP contribution in [0.15, 0.2) is 47.5 Å². The van der Waals surface area contributed by atoms with Crippen LogP contribution in [0, 0.1) is 0 Å². The van der Waals surface area contributed by atoms with E-state index in [1.807, 2.05) is 6.07 Å². The first kappa shape index (κ1) is 14.8. The summed E-state index contributed by atoms with van der Waals surface area (Å²) in [5.74, 6) is 0. The van der Waals surface area contributed by atoms with Crippen molar-refractivity contribution in [2.24, 2.45) is 0 Å². The van der Waals surface area contributed by atoms with E-state index in [0.29, 0.717) is 10.7 Å². The molecule has 0 saturated carbocycles. The van der Waals surface area contributed by atoms with Crippen LogP contribution in [-0.4, -0.2) is 24.8 Å². The maximum absolute atomic E-state index is 12.4. The first-order valence-electron chi connectivity index (χ1n) is 5.82. The van der Waals surface area contributed by atoms with Crippen LogP contribution in [0.3, 0.4) is 0 Å². The predicted molar refractivity (Wildman–Crippen MR) is 78.8 cm³/mol. The summed E-state index contributed by atoms with van der Waals surface area (Å²) in [6.45, 7) is 0.186. The van der Waals surface area contributed by atoms with Gasteiger partial charge in [-0.2, -0.15) is 4.31 Å². The summed E-state index contributed by atoms with van der Waals surface area (Å²) < 4.78 is 26.0. The highest BCUT2D eigenvalue weighted by Gasteiger charge is 2.21. The second-order valence-electron chi connectivity index (χ2n) is 4.27. The highest BCUT2D eigenvalue weighted by molar-refractivity contribution is 7.89. The van der Waals surface area contributed by atoms with Gasteiger partial charge in [0.1, 0.15) is 0 Å². The molecule has 5 nitrogen and oxygen atoms in total. The molecule has 0 bridgehead atoms. The summed E-state index contributed by atoms with van der Waals surface area (Å²) in [4.78, 5) is 4.21. The van der Waals surface area contributed by atoms with E-state index < -0.39 is 10.0 Å². The van der Waals surface area contributed by atoms with Crippen molar-refractivity contribution in [2.45, 2.75) is 11.4 Å². The zero-order valence-electron chi connectivity index (χ0n) is 10.8. The molecule has 0 atom stereocenters. The Labute approximate surface area is 123 Å². The molecule has 7 heteroatoms. The zero-order valence-corrected chi connectivity index (χ0v) is 12.4. The Morgan fingerprint density at radius 2 is 2.05 bits per heavy atom. The van der Waals surface area contributed by atoms with E-state index in [1.54, 1.807) is 18.3 Å². The van der Waals surface area contributed by atoms with Gasteiger partial charge in [0.15, 0.2) is 0 Å². The van der Waals surface area contributed by atoms with Gasteiger partial charge in [0.2, 0.25) is 10.0 Å². The van der Waals surface area contributed by atoms with Crippen LogP contribution >= 0.6 is 11.6 Å². The van der Waals surface area contributed by atoms with E-state index in [0.717, 1.165) is 0 Å². The van der Waals surface area contributed by atoms with E-state index in [4.69, 9.17) is 17.3 Å². The average molecular weight is 312 g/mol. The van der Waals surface area contributed by atoms with E-state index in [-0.39, 0.29) is 17.1 Å². The molecule has 0 saturated heterocycles. The van der Waals surface area contributed by atoms with E-state index in [2.05, 4.69) is 4.98 Å². The number of hydrogen-bond acceptors (Lipinski definition) is 4. The molecule has 0 radical (unpaired) electrons. The number of nitrogens with zero attached hydrogens (tertiary/aromatic N) is 2. The van der Waals surface area contributed by atoms with E-state index in [1.165, 1.54) is 29.6 Å². The van der Waals surface area contributed by atoms with Gasteiger partial charge in [-0.3, -0.25) is 4.98 Å². The van der Waals surface area contributed by atoms with Crippen LogP contribution in [0.1, 0.15) is 5.69 Å². The maximum atomic E-state index is 12.4. The number of hydrogen-bond donors (Lipinski definition) is 1. The van der Waals surface area contributed by atoms with Crippen molar-refractivity contribution in [1.82, 2.24) is 9.29 Å². The number of halogens is 1. The monoisotopic (exact) mass is 311 g/mol. The smallest absolute Gasteiger partial charge is 0.243 e. The molecular weight excluding hydrogens is 298 g/mol. The lowest BCUT2D eigenvalue weighted by molar-refractivity contribution is 0.462. The lowest BCUT2D eigenvalue weighted by Crippen LogP contribution is -2.27. The van der Waals surface area contributed by atoms with E-state index in [9.17, 15) is 8.42 Å². The SMILES string of the molecule is CN(Cc1ccccn1)S(=O)(=O)c1ccc(Cl)c(N)c1. The molecule has 2 N–H and O–H groups in total. The van der Waals surface area contributed by atoms with Gasteiger partial charge in [0.05, 0.1) is 27.8 Å². The van der Waals surface area contributed by atoms with Crippen molar-refractivity contribution in [3.8, 4) is 0 Å². The fourth-order valence-electron chi connectivity index (χ4n) is 1.67. The first-order valence-corrected chi connectivity index (χ1v) is 7.64. The normalized spacial score (nSPS) is 11.8. The van der Waals surface area contributed by atoms with Crippen LogP contribution in [-0.2, 0) is 16.6 Å². The number of rotatable bonds is 4. The average Bonchev–Trinajstić information content (AvgIpc) is 2.42. The number of sulfonamides is 1. The minimum Gasteiger partial charge on any atom is -0.397 e. The van der Waals surface area contributed by atoms with Gasteiger partial charge in [0, 0.05) is 13.2 Å². The fraction of sp³-hybridized carbons (Fsp3) is 0.154. The van der Waals surface area contributed by atoms with E-state index >= 15 is 0 Å². The van der Waals surface area contributed by atoms with Crippen LogP contribution < -0.4 is 5.73 Å². The van der Waals surface area contributed by atoms with Gasteiger partial charge in [-0.15, -0.1) is 0 Å². The Morgan fingerprint density at radius 3 is 2.65 bits per heavy atom. The molecule has 0 aliphatic heterocycles. The molecule has 20 heavy (non-hydrogen) atoms. The fourth-order valence-corrected chi connectivity index (χ4v) is 2.96. The third-order valence-electron chi connectivity index (χ3n) is 2.79. The van der Waals surface area contributed by atoms with Crippen molar-refractivity contribution >= 4 is 27.3 Å². The van der Waals surface area contributed by atoms with Crippen molar-refractivity contribution in [3.05, 3.63) is 53.3 Å². The van der Waals surface area contributed by atoms with Crippen LogP contribution in [0.25, 0.3) is 0 Å². The number of nitrogen functional groups attached to an aromatic ring is 1. The molecule has 0 unspecified atom stereocenters. The van der Waals surface area contributed by atoms with Crippen molar-refractivity contribution in [2.75, 3.05) is 12.8 Å². The molecular formula is C13H14ClN3O2S. The molecule has 0 aliphatic rings. The first-order chi connectivity index (χ1) is 9.41. The summed E-state index contributed by atoms with van der Waals surface area (Å²) in [6, 6.07) is 9.61. The van der Waals surface area contributed by atoms with Gasteiger partial charge < -0.3 is 5.73 Å². The third kappa shape index (κ3) is 3.09. The Hall–Kier alpha value is -1.63. The maximum Gasteiger partial charge on any atom is 0.243 e. The summed E-state index contributed by atoms with van der Waals surface area (Å²) in [7, 11) is -2.13. The molecule has 0 fully saturated rings. The van der Waals surface area contributed by atoms with Crippen molar-refractivity contribution < 1.29 is 8.42 Å². The molecule has 0 spiro atoms. The largest absolute Gasteiger partial charge is 0.397 e. The minimum absolute atomic E-state index is 0.109. The van der Waals surface area contributed by atoms with Crippen LogP contribution in [0.5, 0.6) is 0 Å². The third-order valence-corrected chi connectivity index (χ3v) is 4.93. The molecule has 1 aromatic heterocycles. The summed E-state index contributed by atoms with van der Waals surface area (Å²) in [6.07, 6.45) is 1.62. The molecule has 0 aliphatic carbocycles. The second-order valence-corrected chi connectivity index (χ2v) is 6.72.